The van der Waals surface area contributed by atoms with Crippen LogP contribution < -0.4 is 10.2 Å². The zero-order valence-electron chi connectivity index (χ0n) is 16.2. The highest BCUT2D eigenvalue weighted by molar-refractivity contribution is 6.22. The van der Waals surface area contributed by atoms with Crippen molar-refractivity contribution in [2.75, 3.05) is 10.2 Å². The molecule has 2 aromatic carbocycles. The third kappa shape index (κ3) is 3.15. The number of anilines is 2. The van der Waals surface area contributed by atoms with E-state index in [1.54, 1.807) is 24.3 Å². The maximum absolute atomic E-state index is 13.0. The molecule has 0 spiro atoms. The lowest BCUT2D eigenvalue weighted by Crippen LogP contribution is -2.32. The minimum Gasteiger partial charge on any atom is -0.326 e. The first-order chi connectivity index (χ1) is 14.1. The Morgan fingerprint density at radius 3 is 2.31 bits per heavy atom. The quantitative estimate of drug-likeness (QED) is 0.793. The van der Waals surface area contributed by atoms with E-state index in [4.69, 9.17) is 0 Å². The first kappa shape index (κ1) is 18.1. The summed E-state index contributed by atoms with van der Waals surface area (Å²) >= 11 is 0. The van der Waals surface area contributed by atoms with Gasteiger partial charge in [-0.2, -0.15) is 0 Å². The molecule has 0 aromatic heterocycles. The van der Waals surface area contributed by atoms with Crippen LogP contribution in [-0.2, 0) is 20.8 Å². The number of hydrogen-bond donors (Lipinski definition) is 1. The van der Waals surface area contributed by atoms with Gasteiger partial charge in [0, 0.05) is 12.1 Å². The lowest BCUT2D eigenvalue weighted by atomic mass is 9.81. The van der Waals surface area contributed by atoms with Gasteiger partial charge in [0.25, 0.3) is 0 Å². The number of nitrogens with zero attached hydrogens (tertiary/aromatic N) is 1. The van der Waals surface area contributed by atoms with Crippen LogP contribution in [-0.4, -0.2) is 17.7 Å². The lowest BCUT2D eigenvalue weighted by molar-refractivity contribution is -0.123. The molecule has 5 nitrogen and oxygen atoms in total. The predicted molar refractivity (Wildman–Crippen MR) is 110 cm³/mol. The van der Waals surface area contributed by atoms with Crippen molar-refractivity contribution >= 4 is 29.1 Å². The van der Waals surface area contributed by atoms with Gasteiger partial charge in [-0.3, -0.25) is 14.4 Å². The summed E-state index contributed by atoms with van der Waals surface area (Å²) in [6, 6.07) is 17.0. The summed E-state index contributed by atoms with van der Waals surface area (Å²) in [4.78, 5) is 39.7. The minimum absolute atomic E-state index is 0.0558. The van der Waals surface area contributed by atoms with E-state index in [-0.39, 0.29) is 29.6 Å². The SMILES string of the molecule is O=C(CCc1ccccc1)Nc1cccc(N2C(=O)[C@@H]3[C@@H]4CC[C@@H](C4)[C@@H]3C2=O)c1. The summed E-state index contributed by atoms with van der Waals surface area (Å²) in [7, 11) is 0. The van der Waals surface area contributed by atoms with Gasteiger partial charge in [-0.05, 0) is 61.3 Å². The Kier molecular flexibility index (Phi) is 4.46. The van der Waals surface area contributed by atoms with E-state index in [1.807, 2.05) is 30.3 Å². The summed E-state index contributed by atoms with van der Waals surface area (Å²) in [6.07, 6.45) is 4.20. The summed E-state index contributed by atoms with van der Waals surface area (Å²) in [6.45, 7) is 0. The molecule has 0 radical (unpaired) electrons. The molecular formula is C24H24N2O3. The predicted octanol–water partition coefficient (Wildman–Crippen LogP) is 3.79. The van der Waals surface area contributed by atoms with Gasteiger partial charge in [-0.25, -0.2) is 4.90 Å². The Morgan fingerprint density at radius 2 is 1.62 bits per heavy atom. The molecule has 1 heterocycles. The highest BCUT2D eigenvalue weighted by Gasteiger charge is 2.61. The van der Waals surface area contributed by atoms with Crippen molar-refractivity contribution in [1.29, 1.82) is 0 Å². The number of rotatable bonds is 5. The molecule has 2 aromatic rings. The molecule has 3 aliphatic rings. The van der Waals surface area contributed by atoms with Crippen LogP contribution in [0, 0.1) is 23.7 Å². The number of nitrogens with one attached hydrogen (secondary N) is 1. The van der Waals surface area contributed by atoms with E-state index >= 15 is 0 Å². The molecule has 29 heavy (non-hydrogen) atoms. The Morgan fingerprint density at radius 1 is 0.931 bits per heavy atom. The third-order valence-corrected chi connectivity index (χ3v) is 6.80. The van der Waals surface area contributed by atoms with Crippen molar-refractivity contribution in [3.8, 4) is 0 Å². The zero-order chi connectivity index (χ0) is 20.0. The van der Waals surface area contributed by atoms with Crippen molar-refractivity contribution in [3.63, 3.8) is 0 Å². The first-order valence-corrected chi connectivity index (χ1v) is 10.4. The molecule has 2 bridgehead atoms. The molecule has 1 aliphatic heterocycles. The second-order valence-electron chi connectivity index (χ2n) is 8.48. The van der Waals surface area contributed by atoms with E-state index in [2.05, 4.69) is 5.32 Å². The number of carbonyl (C=O) groups is 3. The summed E-state index contributed by atoms with van der Waals surface area (Å²) in [5.74, 6) is 0.273. The number of amides is 3. The van der Waals surface area contributed by atoms with Crippen LogP contribution in [0.15, 0.2) is 54.6 Å². The molecule has 0 unspecified atom stereocenters. The maximum atomic E-state index is 13.0. The molecule has 5 heteroatoms. The van der Waals surface area contributed by atoms with Crippen molar-refractivity contribution in [3.05, 3.63) is 60.2 Å². The molecule has 3 amide bonds. The average Bonchev–Trinajstić information content (AvgIpc) is 3.41. The molecule has 2 saturated carbocycles. The lowest BCUT2D eigenvalue weighted by Gasteiger charge is -2.19. The number of aryl methyl sites for hydroxylation is 1. The van der Waals surface area contributed by atoms with E-state index in [0.29, 0.717) is 36.1 Å². The fourth-order valence-corrected chi connectivity index (χ4v) is 5.51. The topological polar surface area (TPSA) is 66.5 Å². The molecular weight excluding hydrogens is 364 g/mol. The van der Waals surface area contributed by atoms with Crippen molar-refractivity contribution in [1.82, 2.24) is 0 Å². The largest absolute Gasteiger partial charge is 0.326 e. The Hall–Kier alpha value is -2.95. The van der Waals surface area contributed by atoms with Crippen LogP contribution in [0.1, 0.15) is 31.2 Å². The van der Waals surface area contributed by atoms with E-state index in [0.717, 1.165) is 24.8 Å². The number of fused-ring (bicyclic) bond motifs is 5. The molecule has 1 N–H and O–H groups in total. The maximum Gasteiger partial charge on any atom is 0.237 e. The number of imide groups is 1. The van der Waals surface area contributed by atoms with Gasteiger partial charge in [0.15, 0.2) is 0 Å². The first-order valence-electron chi connectivity index (χ1n) is 10.4. The van der Waals surface area contributed by atoms with E-state index in [1.165, 1.54) is 4.90 Å². The van der Waals surface area contributed by atoms with Crippen LogP contribution in [0.3, 0.4) is 0 Å². The Bertz CT molecular complexity index is 943. The van der Waals surface area contributed by atoms with Crippen molar-refractivity contribution < 1.29 is 14.4 Å². The van der Waals surface area contributed by atoms with Gasteiger partial charge in [0.1, 0.15) is 0 Å². The Labute approximate surface area is 170 Å². The molecule has 1 saturated heterocycles. The normalized spacial score (nSPS) is 27.4. The van der Waals surface area contributed by atoms with Gasteiger partial charge in [0.05, 0.1) is 17.5 Å². The standard InChI is InChI=1S/C24H24N2O3/c27-20(12-9-15-5-2-1-3-6-15)25-18-7-4-8-19(14-18)26-23(28)21-16-10-11-17(13-16)22(21)24(26)29/h1-8,14,16-17,21-22H,9-13H2,(H,25,27)/t16-,17+,21-,22+. The Balaban J connectivity index is 1.28. The fourth-order valence-electron chi connectivity index (χ4n) is 5.51. The monoisotopic (exact) mass is 388 g/mol. The number of carbonyl (C=O) groups excluding carboxylic acids is 3. The zero-order valence-corrected chi connectivity index (χ0v) is 16.2. The molecule has 148 valence electrons. The smallest absolute Gasteiger partial charge is 0.237 e. The van der Waals surface area contributed by atoms with Gasteiger partial charge >= 0.3 is 0 Å². The third-order valence-electron chi connectivity index (χ3n) is 6.80. The van der Waals surface area contributed by atoms with Gasteiger partial charge in [-0.15, -0.1) is 0 Å². The fraction of sp³-hybridized carbons (Fsp3) is 0.375. The number of hydrogen-bond acceptors (Lipinski definition) is 3. The number of benzene rings is 2. The van der Waals surface area contributed by atoms with Crippen LogP contribution in [0.5, 0.6) is 0 Å². The van der Waals surface area contributed by atoms with Crippen molar-refractivity contribution in [2.45, 2.75) is 32.1 Å². The van der Waals surface area contributed by atoms with Crippen LogP contribution >= 0.6 is 0 Å². The average molecular weight is 388 g/mol. The van der Waals surface area contributed by atoms with Crippen molar-refractivity contribution in [2.24, 2.45) is 23.7 Å². The molecule has 4 atom stereocenters. The minimum atomic E-state index is -0.134. The second kappa shape index (κ2) is 7.14. The van der Waals surface area contributed by atoms with Crippen LogP contribution in [0.4, 0.5) is 11.4 Å². The second-order valence-corrected chi connectivity index (χ2v) is 8.48. The van der Waals surface area contributed by atoms with Gasteiger partial charge in [0.2, 0.25) is 17.7 Å². The highest BCUT2D eigenvalue weighted by atomic mass is 16.2. The van der Waals surface area contributed by atoms with Gasteiger partial charge in [-0.1, -0.05) is 36.4 Å². The summed E-state index contributed by atoms with van der Waals surface area (Å²) < 4.78 is 0. The highest BCUT2D eigenvalue weighted by Crippen LogP contribution is 2.56. The molecule has 5 rings (SSSR count). The van der Waals surface area contributed by atoms with Crippen LogP contribution in [0.25, 0.3) is 0 Å². The van der Waals surface area contributed by atoms with E-state index in [9.17, 15) is 14.4 Å². The molecule has 3 fully saturated rings. The molecule has 2 aliphatic carbocycles. The van der Waals surface area contributed by atoms with E-state index < -0.39 is 0 Å². The summed E-state index contributed by atoms with van der Waals surface area (Å²) in [5, 5.41) is 2.90. The summed E-state index contributed by atoms with van der Waals surface area (Å²) in [5.41, 5.74) is 2.29. The van der Waals surface area contributed by atoms with Crippen LogP contribution in [0.2, 0.25) is 0 Å². The van der Waals surface area contributed by atoms with Gasteiger partial charge < -0.3 is 5.32 Å².